The van der Waals surface area contributed by atoms with Gasteiger partial charge >= 0.3 is 6.18 Å². The van der Waals surface area contributed by atoms with E-state index < -0.39 is 17.8 Å². The highest BCUT2D eigenvalue weighted by atomic mass is 19.4. The van der Waals surface area contributed by atoms with Gasteiger partial charge in [0.25, 0.3) is 0 Å². The maximum Gasteiger partial charge on any atom is 0.419 e. The van der Waals surface area contributed by atoms with E-state index in [1.807, 2.05) is 0 Å². The van der Waals surface area contributed by atoms with Crippen molar-refractivity contribution in [1.29, 1.82) is 0 Å². The number of hydrogen-bond donors (Lipinski definition) is 1. The fourth-order valence-electron chi connectivity index (χ4n) is 3.32. The van der Waals surface area contributed by atoms with Crippen molar-refractivity contribution in [2.45, 2.75) is 32.0 Å². The Hall–Kier alpha value is -3.10. The number of carbonyl (C=O) groups excluding carboxylic acids is 2. The molecule has 0 unspecified atom stereocenters. The van der Waals surface area contributed by atoms with E-state index in [9.17, 15) is 22.8 Å². The summed E-state index contributed by atoms with van der Waals surface area (Å²) in [5.41, 5.74) is -0.0495. The number of carbonyl (C=O) groups is 2. The smallest absolute Gasteiger partial charge is 0.419 e. The first-order valence-corrected chi connectivity index (χ1v) is 9.56. The van der Waals surface area contributed by atoms with Gasteiger partial charge in [-0.3, -0.25) is 14.6 Å². The number of likely N-dealkylation sites (tertiary alicyclic amines) is 1. The third kappa shape index (κ3) is 5.28. The van der Waals surface area contributed by atoms with Crippen LogP contribution < -0.4 is 10.1 Å². The minimum Gasteiger partial charge on any atom is -0.490 e. The first-order chi connectivity index (χ1) is 14.3. The Morgan fingerprint density at radius 3 is 2.53 bits per heavy atom. The maximum absolute atomic E-state index is 13.1. The van der Waals surface area contributed by atoms with Crippen LogP contribution in [0.15, 0.2) is 42.6 Å². The fraction of sp³-hybridized carbons (Fsp3) is 0.381. The second-order valence-corrected chi connectivity index (χ2v) is 7.00. The summed E-state index contributed by atoms with van der Waals surface area (Å²) in [4.78, 5) is 29.7. The van der Waals surface area contributed by atoms with Crippen LogP contribution in [-0.4, -0.2) is 47.3 Å². The topological polar surface area (TPSA) is 71.5 Å². The quantitative estimate of drug-likeness (QED) is 0.719. The van der Waals surface area contributed by atoms with E-state index in [0.29, 0.717) is 31.6 Å². The molecular weight excluding hydrogens is 399 g/mol. The second-order valence-electron chi connectivity index (χ2n) is 7.00. The number of pyridine rings is 1. The average molecular weight is 421 g/mol. The van der Waals surface area contributed by atoms with Crippen LogP contribution in [0.2, 0.25) is 0 Å². The highest BCUT2D eigenvalue weighted by molar-refractivity contribution is 5.98. The van der Waals surface area contributed by atoms with Gasteiger partial charge in [-0.25, -0.2) is 0 Å². The van der Waals surface area contributed by atoms with Gasteiger partial charge in [0.1, 0.15) is 17.5 Å². The molecule has 1 aliphatic rings. The van der Waals surface area contributed by atoms with Crippen molar-refractivity contribution in [3.8, 4) is 5.75 Å². The third-order valence-corrected chi connectivity index (χ3v) is 4.85. The van der Waals surface area contributed by atoms with Gasteiger partial charge in [-0.15, -0.1) is 0 Å². The van der Waals surface area contributed by atoms with Crippen molar-refractivity contribution in [3.05, 3.63) is 53.9 Å². The zero-order chi connectivity index (χ0) is 21.7. The molecule has 0 aliphatic carbocycles. The van der Waals surface area contributed by atoms with Crippen molar-refractivity contribution in [2.75, 3.05) is 25.0 Å². The molecule has 3 rings (SSSR count). The Bertz CT molecular complexity index is 910. The summed E-state index contributed by atoms with van der Waals surface area (Å²) >= 11 is 0. The molecule has 9 heteroatoms. The zero-order valence-electron chi connectivity index (χ0n) is 16.4. The number of piperidine rings is 1. The molecule has 6 nitrogen and oxygen atoms in total. The van der Waals surface area contributed by atoms with Gasteiger partial charge in [0.15, 0.2) is 5.78 Å². The molecule has 0 spiro atoms. The van der Waals surface area contributed by atoms with Gasteiger partial charge in [-0.05, 0) is 24.3 Å². The summed E-state index contributed by atoms with van der Waals surface area (Å²) in [5.74, 6) is -0.560. The number of halogens is 3. The minimum absolute atomic E-state index is 0.00555. The number of benzene rings is 1. The van der Waals surface area contributed by atoms with Crippen LogP contribution in [0, 0.1) is 0 Å². The molecule has 0 atom stereocenters. The average Bonchev–Trinajstić information content (AvgIpc) is 2.72. The second kappa shape index (κ2) is 9.15. The van der Waals surface area contributed by atoms with Gasteiger partial charge in [0, 0.05) is 39.1 Å². The van der Waals surface area contributed by atoms with Gasteiger partial charge in [-0.1, -0.05) is 12.1 Å². The first-order valence-electron chi connectivity index (χ1n) is 9.56. The molecular formula is C21H22F3N3O3. The van der Waals surface area contributed by atoms with E-state index >= 15 is 0 Å². The first kappa shape index (κ1) is 21.6. The fourth-order valence-corrected chi connectivity index (χ4v) is 3.32. The number of hydrogen-bond acceptors (Lipinski definition) is 5. The lowest BCUT2D eigenvalue weighted by atomic mass is 10.1. The Labute approximate surface area is 172 Å². The van der Waals surface area contributed by atoms with E-state index in [4.69, 9.17) is 4.74 Å². The Morgan fingerprint density at radius 2 is 1.87 bits per heavy atom. The van der Waals surface area contributed by atoms with Crippen LogP contribution in [0.3, 0.4) is 0 Å². The molecule has 1 amide bonds. The van der Waals surface area contributed by atoms with Crippen molar-refractivity contribution < 1.29 is 27.5 Å². The Balaban J connectivity index is 1.53. The van der Waals surface area contributed by atoms with Gasteiger partial charge < -0.3 is 15.0 Å². The number of Topliss-reactive ketones (excluding diaryl/α,β-unsaturated/α-hetero) is 1. The number of nitrogens with zero attached hydrogens (tertiary/aromatic N) is 2. The van der Waals surface area contributed by atoms with Crippen molar-refractivity contribution in [2.24, 2.45) is 0 Å². The number of aromatic nitrogens is 1. The highest BCUT2D eigenvalue weighted by Crippen LogP contribution is 2.36. The maximum atomic E-state index is 13.1. The number of ether oxygens (including phenoxy) is 1. The lowest BCUT2D eigenvalue weighted by molar-refractivity contribution is -0.139. The largest absolute Gasteiger partial charge is 0.490 e. The number of anilines is 1. The van der Waals surface area contributed by atoms with E-state index in [2.05, 4.69) is 10.3 Å². The molecule has 2 aromatic rings. The lowest BCUT2D eigenvalue weighted by Gasteiger charge is -2.32. The Morgan fingerprint density at radius 1 is 1.17 bits per heavy atom. The van der Waals surface area contributed by atoms with E-state index in [1.54, 1.807) is 17.0 Å². The molecule has 0 radical (unpaired) electrons. The van der Waals surface area contributed by atoms with E-state index in [0.717, 1.165) is 6.07 Å². The monoisotopic (exact) mass is 421 g/mol. The lowest BCUT2D eigenvalue weighted by Crippen LogP contribution is -2.44. The predicted molar refractivity (Wildman–Crippen MR) is 104 cm³/mol. The van der Waals surface area contributed by atoms with E-state index in [1.165, 1.54) is 31.3 Å². The van der Waals surface area contributed by atoms with Crippen molar-refractivity contribution in [1.82, 2.24) is 9.88 Å². The number of alkyl halides is 3. The summed E-state index contributed by atoms with van der Waals surface area (Å²) in [6.07, 6.45) is -2.50. The summed E-state index contributed by atoms with van der Waals surface area (Å²) in [6.45, 7) is 2.16. The normalized spacial score (nSPS) is 15.0. The molecule has 1 aromatic carbocycles. The van der Waals surface area contributed by atoms with Crippen LogP contribution in [0.5, 0.6) is 5.75 Å². The highest BCUT2D eigenvalue weighted by Gasteiger charge is 2.35. The van der Waals surface area contributed by atoms with Crippen LogP contribution >= 0.6 is 0 Å². The molecule has 0 bridgehead atoms. The predicted octanol–water partition coefficient (Wildman–Crippen LogP) is 3.78. The number of rotatable bonds is 6. The summed E-state index contributed by atoms with van der Waals surface area (Å²) < 4.78 is 44.9. The molecule has 1 aliphatic heterocycles. The summed E-state index contributed by atoms with van der Waals surface area (Å²) in [6, 6.07) is 8.47. The van der Waals surface area contributed by atoms with Crippen LogP contribution in [-0.2, 0) is 11.0 Å². The molecule has 1 fully saturated rings. The molecule has 2 heterocycles. The molecule has 1 saturated heterocycles. The van der Waals surface area contributed by atoms with Crippen molar-refractivity contribution in [3.63, 3.8) is 0 Å². The molecule has 160 valence electrons. The minimum atomic E-state index is -4.48. The number of amides is 1. The molecule has 30 heavy (non-hydrogen) atoms. The van der Waals surface area contributed by atoms with Crippen LogP contribution in [0.1, 0.15) is 35.8 Å². The van der Waals surface area contributed by atoms with Crippen molar-refractivity contribution >= 4 is 17.4 Å². The van der Waals surface area contributed by atoms with Crippen LogP contribution in [0.25, 0.3) is 0 Å². The van der Waals surface area contributed by atoms with Gasteiger partial charge in [0.05, 0.1) is 17.8 Å². The molecule has 1 N–H and O–H groups in total. The number of nitrogens with one attached hydrogen (secondary N) is 1. The molecule has 0 saturated carbocycles. The van der Waals surface area contributed by atoms with E-state index in [-0.39, 0.29) is 29.7 Å². The number of para-hydroxylation sites is 1. The number of ketones is 1. The standard InChI is InChI=1S/C21H22F3N3O3/c1-14(28)20-17(6-4-10-25-20)26-13-19(29)27-11-8-15(9-12-27)30-18-7-3-2-5-16(18)21(22,23)24/h2-7,10,15,26H,8-9,11-13H2,1H3. The van der Waals surface area contributed by atoms with Gasteiger partial charge in [-0.2, -0.15) is 13.2 Å². The SMILES string of the molecule is CC(=O)c1ncccc1NCC(=O)N1CCC(Oc2ccccc2C(F)(F)F)CC1. The third-order valence-electron chi connectivity index (χ3n) is 4.85. The molecule has 1 aromatic heterocycles. The Kier molecular flexibility index (Phi) is 6.59. The summed E-state index contributed by atoms with van der Waals surface area (Å²) in [5, 5.41) is 2.94. The van der Waals surface area contributed by atoms with Crippen LogP contribution in [0.4, 0.5) is 18.9 Å². The van der Waals surface area contributed by atoms with Gasteiger partial charge in [0.2, 0.25) is 5.91 Å². The zero-order valence-corrected chi connectivity index (χ0v) is 16.4. The summed E-state index contributed by atoms with van der Waals surface area (Å²) in [7, 11) is 0.